The molecule has 3 aromatic carbocycles. The molecule has 0 unspecified atom stereocenters. The molecule has 0 aliphatic heterocycles. The van der Waals surface area contributed by atoms with Crippen LogP contribution >= 0.6 is 0 Å². The van der Waals surface area contributed by atoms with E-state index < -0.39 is 14.9 Å². The van der Waals surface area contributed by atoms with Crippen LogP contribution in [0.2, 0.25) is 0 Å². The van der Waals surface area contributed by atoms with Crippen LogP contribution in [0, 0.1) is 17.0 Å². The fourth-order valence-electron chi connectivity index (χ4n) is 3.13. The summed E-state index contributed by atoms with van der Waals surface area (Å²) in [5, 5.41) is 11.0. The summed E-state index contributed by atoms with van der Waals surface area (Å²) < 4.78 is 33.0. The second-order valence-electron chi connectivity index (χ2n) is 7.42. The molecule has 0 aromatic heterocycles. The lowest BCUT2D eigenvalue weighted by molar-refractivity contribution is -0.384. The lowest BCUT2D eigenvalue weighted by Gasteiger charge is -2.18. The number of amides is 1. The smallest absolute Gasteiger partial charge is 0.271 e. The predicted octanol–water partition coefficient (Wildman–Crippen LogP) is 3.98. The number of sulfonamides is 1. The SMILES string of the molecule is COc1ccc([N+](=O)[O-])cc1NS(=O)(=O)c1ccc(C(=O)N(C)Cc2ccc(C)cc2)cc1. The van der Waals surface area contributed by atoms with Crippen LogP contribution in [0.15, 0.2) is 71.6 Å². The number of nitrogens with one attached hydrogen (secondary N) is 1. The zero-order valence-corrected chi connectivity index (χ0v) is 19.1. The van der Waals surface area contributed by atoms with E-state index in [0.717, 1.165) is 17.2 Å². The number of carbonyl (C=O) groups excluding carboxylic acids is 1. The molecule has 9 nitrogen and oxygen atoms in total. The van der Waals surface area contributed by atoms with Crippen LogP contribution in [-0.2, 0) is 16.6 Å². The monoisotopic (exact) mass is 469 g/mol. The van der Waals surface area contributed by atoms with Crippen LogP contribution in [0.5, 0.6) is 5.75 Å². The van der Waals surface area contributed by atoms with Crippen molar-refractivity contribution in [1.82, 2.24) is 4.90 Å². The second-order valence-corrected chi connectivity index (χ2v) is 9.10. The van der Waals surface area contributed by atoms with Crippen LogP contribution in [0.25, 0.3) is 0 Å². The minimum atomic E-state index is -4.08. The maximum absolute atomic E-state index is 12.8. The Morgan fingerprint density at radius 2 is 1.70 bits per heavy atom. The molecule has 0 atom stereocenters. The van der Waals surface area contributed by atoms with Crippen molar-refractivity contribution in [1.29, 1.82) is 0 Å². The highest BCUT2D eigenvalue weighted by Crippen LogP contribution is 2.31. The summed E-state index contributed by atoms with van der Waals surface area (Å²) in [6, 6.07) is 16.9. The Labute approximate surface area is 191 Å². The Kier molecular flexibility index (Phi) is 6.98. The zero-order chi connectivity index (χ0) is 24.2. The first-order valence-corrected chi connectivity index (χ1v) is 11.4. The van der Waals surface area contributed by atoms with E-state index in [0.29, 0.717) is 12.1 Å². The van der Waals surface area contributed by atoms with Crippen molar-refractivity contribution in [2.75, 3.05) is 18.9 Å². The number of nitro benzene ring substituents is 1. The van der Waals surface area contributed by atoms with E-state index in [4.69, 9.17) is 4.74 Å². The number of ether oxygens (including phenoxy) is 1. The third-order valence-electron chi connectivity index (χ3n) is 4.94. The fourth-order valence-corrected chi connectivity index (χ4v) is 4.19. The number of nitro groups is 1. The van der Waals surface area contributed by atoms with Crippen molar-refractivity contribution in [3.05, 3.63) is 93.5 Å². The standard InChI is InChI=1S/C23H23N3O6S/c1-16-4-6-17(7-5-16)15-25(2)23(27)18-8-11-20(12-9-18)33(30,31)24-21-14-19(26(28)29)10-13-22(21)32-3/h4-14,24H,15H2,1-3H3. The zero-order valence-electron chi connectivity index (χ0n) is 18.3. The number of aryl methyl sites for hydroxylation is 1. The third kappa shape index (κ3) is 5.66. The first kappa shape index (κ1) is 23.7. The second kappa shape index (κ2) is 9.70. The average molecular weight is 470 g/mol. The maximum Gasteiger partial charge on any atom is 0.271 e. The lowest BCUT2D eigenvalue weighted by Crippen LogP contribution is -2.26. The van der Waals surface area contributed by atoms with Gasteiger partial charge < -0.3 is 9.64 Å². The lowest BCUT2D eigenvalue weighted by atomic mass is 10.1. The minimum absolute atomic E-state index is 0.0651. The Hall–Kier alpha value is -3.92. The van der Waals surface area contributed by atoms with Crippen molar-refractivity contribution in [3.63, 3.8) is 0 Å². The predicted molar refractivity (Wildman–Crippen MR) is 124 cm³/mol. The van der Waals surface area contributed by atoms with Gasteiger partial charge in [0.1, 0.15) is 5.75 Å². The quantitative estimate of drug-likeness (QED) is 0.394. The molecule has 0 bridgehead atoms. The molecule has 0 saturated heterocycles. The molecule has 0 spiro atoms. The molecule has 33 heavy (non-hydrogen) atoms. The largest absolute Gasteiger partial charge is 0.495 e. The summed E-state index contributed by atoms with van der Waals surface area (Å²) in [4.78, 5) is 24.6. The van der Waals surface area contributed by atoms with Gasteiger partial charge >= 0.3 is 0 Å². The molecule has 0 heterocycles. The molecule has 3 aromatic rings. The number of anilines is 1. The van der Waals surface area contributed by atoms with Crippen molar-refractivity contribution in [2.24, 2.45) is 0 Å². The fraction of sp³-hybridized carbons (Fsp3) is 0.174. The van der Waals surface area contributed by atoms with Crippen LogP contribution in [-0.4, -0.2) is 38.3 Å². The van der Waals surface area contributed by atoms with E-state index >= 15 is 0 Å². The Morgan fingerprint density at radius 3 is 2.27 bits per heavy atom. The van der Waals surface area contributed by atoms with E-state index in [1.54, 1.807) is 11.9 Å². The van der Waals surface area contributed by atoms with Gasteiger partial charge in [-0.2, -0.15) is 0 Å². The van der Waals surface area contributed by atoms with Crippen molar-refractivity contribution >= 4 is 27.3 Å². The summed E-state index contributed by atoms with van der Waals surface area (Å²) in [6.07, 6.45) is 0. The molecule has 1 amide bonds. The van der Waals surface area contributed by atoms with Crippen molar-refractivity contribution < 1.29 is 22.9 Å². The molecule has 3 rings (SSSR count). The summed E-state index contributed by atoms with van der Waals surface area (Å²) in [7, 11) is -1.09. The Balaban J connectivity index is 1.77. The molecule has 1 N–H and O–H groups in total. The summed E-state index contributed by atoms with van der Waals surface area (Å²) in [6.45, 7) is 2.39. The van der Waals surface area contributed by atoms with E-state index in [1.165, 1.54) is 43.5 Å². The number of benzene rings is 3. The van der Waals surface area contributed by atoms with Gasteiger partial charge in [-0.1, -0.05) is 29.8 Å². The van der Waals surface area contributed by atoms with Crippen LogP contribution < -0.4 is 9.46 Å². The van der Waals surface area contributed by atoms with Gasteiger partial charge in [-0.05, 0) is 42.8 Å². The number of nitrogens with zero attached hydrogens (tertiary/aromatic N) is 2. The number of non-ortho nitro benzene ring substituents is 1. The average Bonchev–Trinajstić information content (AvgIpc) is 2.79. The van der Waals surface area contributed by atoms with E-state index in [1.807, 2.05) is 31.2 Å². The molecular formula is C23H23N3O6S. The van der Waals surface area contributed by atoms with E-state index in [-0.39, 0.29) is 27.9 Å². The Morgan fingerprint density at radius 1 is 1.06 bits per heavy atom. The number of hydrogen-bond donors (Lipinski definition) is 1. The number of hydrogen-bond acceptors (Lipinski definition) is 6. The van der Waals surface area contributed by atoms with Crippen molar-refractivity contribution in [2.45, 2.75) is 18.4 Å². The van der Waals surface area contributed by atoms with Gasteiger partial charge in [0, 0.05) is 31.3 Å². The van der Waals surface area contributed by atoms with Crippen LogP contribution in [0.3, 0.4) is 0 Å². The molecule has 172 valence electrons. The first-order valence-electron chi connectivity index (χ1n) is 9.87. The number of methoxy groups -OCH3 is 1. The molecular weight excluding hydrogens is 446 g/mol. The third-order valence-corrected chi connectivity index (χ3v) is 6.32. The molecule has 10 heteroatoms. The van der Waals surface area contributed by atoms with Crippen molar-refractivity contribution in [3.8, 4) is 5.75 Å². The molecule has 0 fully saturated rings. The highest BCUT2D eigenvalue weighted by molar-refractivity contribution is 7.92. The maximum atomic E-state index is 12.8. The minimum Gasteiger partial charge on any atom is -0.495 e. The van der Waals surface area contributed by atoms with Crippen LogP contribution in [0.4, 0.5) is 11.4 Å². The Bertz CT molecular complexity index is 1270. The highest BCUT2D eigenvalue weighted by Gasteiger charge is 2.20. The normalized spacial score (nSPS) is 11.0. The highest BCUT2D eigenvalue weighted by atomic mass is 32.2. The van der Waals surface area contributed by atoms with Crippen LogP contribution in [0.1, 0.15) is 21.5 Å². The molecule has 0 saturated carbocycles. The van der Waals surface area contributed by atoms with Gasteiger partial charge in [-0.15, -0.1) is 0 Å². The van der Waals surface area contributed by atoms with E-state index in [9.17, 15) is 23.3 Å². The number of rotatable bonds is 8. The van der Waals surface area contributed by atoms with Gasteiger partial charge in [0.05, 0.1) is 22.6 Å². The first-order chi connectivity index (χ1) is 15.6. The van der Waals surface area contributed by atoms with Gasteiger partial charge in [0.2, 0.25) is 0 Å². The summed E-state index contributed by atoms with van der Waals surface area (Å²) in [5.74, 6) is -0.124. The summed E-state index contributed by atoms with van der Waals surface area (Å²) >= 11 is 0. The van der Waals surface area contributed by atoms with Gasteiger partial charge in [0.15, 0.2) is 0 Å². The molecule has 0 aliphatic carbocycles. The van der Waals surface area contributed by atoms with Gasteiger partial charge in [0.25, 0.3) is 21.6 Å². The molecule has 0 aliphatic rings. The van der Waals surface area contributed by atoms with Gasteiger partial charge in [-0.3, -0.25) is 19.6 Å². The summed E-state index contributed by atoms with van der Waals surface area (Å²) in [5.41, 5.74) is 2.08. The topological polar surface area (TPSA) is 119 Å². The number of carbonyl (C=O) groups is 1. The van der Waals surface area contributed by atoms with E-state index in [2.05, 4.69) is 4.72 Å². The molecule has 0 radical (unpaired) electrons. The van der Waals surface area contributed by atoms with Gasteiger partial charge in [-0.25, -0.2) is 8.42 Å².